The molecule has 87 heavy (non-hydrogen) atoms. The van der Waals surface area contributed by atoms with E-state index in [2.05, 4.69) is 267 Å². The van der Waals surface area contributed by atoms with Crippen molar-refractivity contribution in [2.24, 2.45) is 22.2 Å². The standard InChI is InChI=1S/C84H109BN2/c1-24-55-58-45-66-67(82(18,19)40-39-81(66,16)17)46-59(58)57-44-62(70(47-60(55)57)86-53-30-32-63-65(42-53)80(14,15)38-37-79(63,12)13)73-74(77(7,8)9)61(56-28-26-25-27-50(56)2)48-72-75(73)85-69-41-52(78(10,11)36-35-76(4,5)6)29-34-71(69)87(72)54-31-33-64-68(43-54)84(22,23)51(3)49-83(64,20)21/h25-30,32,34,41-48,51,55,85-86H,24,31,33,35-40,49H2,1-23H3. The first kappa shape index (κ1) is 61.7. The quantitative estimate of drug-likeness (QED) is 0.145. The predicted molar refractivity (Wildman–Crippen MR) is 381 cm³/mol. The molecule has 458 valence electrons. The molecule has 12 rings (SSSR count). The molecule has 6 aromatic carbocycles. The summed E-state index contributed by atoms with van der Waals surface area (Å²) >= 11 is 0. The third-order valence-corrected chi connectivity index (χ3v) is 24.0. The smallest absolute Gasteiger partial charge is 0.198 e. The average Bonchev–Trinajstić information content (AvgIpc) is 1.70. The number of fused-ring (bicyclic) bond motifs is 7. The lowest BCUT2D eigenvalue weighted by atomic mass is 9.55. The second-order valence-electron chi connectivity index (χ2n) is 35.6. The minimum atomic E-state index is -0.252. The molecular weight excluding hydrogens is 1050 g/mol. The summed E-state index contributed by atoms with van der Waals surface area (Å²) in [6.07, 6.45) is 14.2. The highest BCUT2D eigenvalue weighted by Gasteiger charge is 2.47. The maximum atomic E-state index is 4.39. The summed E-state index contributed by atoms with van der Waals surface area (Å²) in [5.41, 5.74) is 34.8. The van der Waals surface area contributed by atoms with Crippen LogP contribution in [0.3, 0.4) is 0 Å². The van der Waals surface area contributed by atoms with E-state index < -0.39 is 0 Å². The van der Waals surface area contributed by atoms with Gasteiger partial charge in [-0.3, -0.25) is 0 Å². The van der Waals surface area contributed by atoms with Gasteiger partial charge >= 0.3 is 0 Å². The van der Waals surface area contributed by atoms with E-state index in [-0.39, 0.29) is 48.7 Å². The van der Waals surface area contributed by atoms with Crippen LogP contribution in [0.15, 0.2) is 114 Å². The van der Waals surface area contributed by atoms with Crippen molar-refractivity contribution in [2.75, 3.05) is 10.2 Å². The van der Waals surface area contributed by atoms with Crippen molar-refractivity contribution in [1.82, 2.24) is 0 Å². The van der Waals surface area contributed by atoms with Gasteiger partial charge in [-0.1, -0.05) is 218 Å². The number of nitrogens with zero attached hydrogens (tertiary/aromatic N) is 1. The van der Waals surface area contributed by atoms with Crippen LogP contribution in [-0.4, -0.2) is 7.28 Å². The Morgan fingerprint density at radius 2 is 1.18 bits per heavy atom. The van der Waals surface area contributed by atoms with Gasteiger partial charge in [0.1, 0.15) is 0 Å². The van der Waals surface area contributed by atoms with Gasteiger partial charge in [-0.2, -0.15) is 0 Å². The number of hydrogen-bond donors (Lipinski definition) is 1. The molecular formula is C84H109BN2. The lowest BCUT2D eigenvalue weighted by molar-refractivity contribution is 0.172. The Kier molecular flexibility index (Phi) is 14.5. The minimum absolute atomic E-state index is 0.00107. The van der Waals surface area contributed by atoms with Crippen LogP contribution in [0.1, 0.15) is 273 Å². The topological polar surface area (TPSA) is 15.3 Å². The van der Waals surface area contributed by atoms with E-state index in [1.165, 1.54) is 150 Å². The first-order valence-electron chi connectivity index (χ1n) is 34.3. The molecule has 6 aliphatic rings. The molecule has 2 unspecified atom stereocenters. The summed E-state index contributed by atoms with van der Waals surface area (Å²) in [6.45, 7) is 57.1. The van der Waals surface area contributed by atoms with Crippen LogP contribution in [0, 0.1) is 29.1 Å². The van der Waals surface area contributed by atoms with Crippen molar-refractivity contribution >= 4 is 41.0 Å². The molecule has 2 atom stereocenters. The number of rotatable bonds is 9. The molecule has 0 amide bonds. The van der Waals surface area contributed by atoms with Crippen LogP contribution >= 0.6 is 0 Å². The molecule has 0 radical (unpaired) electrons. The van der Waals surface area contributed by atoms with Gasteiger partial charge in [0, 0.05) is 39.9 Å². The number of benzene rings is 6. The van der Waals surface area contributed by atoms with Crippen LogP contribution in [0.2, 0.25) is 0 Å². The van der Waals surface area contributed by atoms with E-state index in [0.29, 0.717) is 11.8 Å². The molecule has 2 nitrogen and oxygen atoms in total. The van der Waals surface area contributed by atoms with Crippen molar-refractivity contribution in [3.8, 4) is 33.4 Å². The second kappa shape index (κ2) is 20.5. The number of nitrogens with one attached hydrogen (secondary N) is 1. The largest absolute Gasteiger partial charge is 0.355 e. The van der Waals surface area contributed by atoms with Crippen LogP contribution < -0.4 is 21.1 Å². The molecule has 6 aromatic rings. The maximum absolute atomic E-state index is 4.39. The van der Waals surface area contributed by atoms with Crippen molar-refractivity contribution in [3.63, 3.8) is 0 Å². The Morgan fingerprint density at radius 3 is 1.82 bits per heavy atom. The molecule has 0 aromatic heterocycles. The van der Waals surface area contributed by atoms with Crippen molar-refractivity contribution < 1.29 is 0 Å². The molecule has 0 bridgehead atoms. The summed E-state index contributed by atoms with van der Waals surface area (Å²) in [5.74, 6) is 0.859. The minimum Gasteiger partial charge on any atom is -0.355 e. The van der Waals surface area contributed by atoms with Crippen LogP contribution in [0.4, 0.5) is 22.7 Å². The predicted octanol–water partition coefficient (Wildman–Crippen LogP) is 22.6. The van der Waals surface area contributed by atoms with Crippen LogP contribution in [-0.2, 0) is 32.5 Å². The number of anilines is 4. The third-order valence-electron chi connectivity index (χ3n) is 24.0. The van der Waals surface area contributed by atoms with Gasteiger partial charge in [0.2, 0.25) is 0 Å². The first-order chi connectivity index (χ1) is 40.3. The highest BCUT2D eigenvalue weighted by Crippen LogP contribution is 2.60. The van der Waals surface area contributed by atoms with Gasteiger partial charge in [0.15, 0.2) is 7.28 Å². The summed E-state index contributed by atoms with van der Waals surface area (Å²) in [6, 6.07) is 37.9. The van der Waals surface area contributed by atoms with Gasteiger partial charge in [0.05, 0.1) is 0 Å². The zero-order chi connectivity index (χ0) is 62.9. The molecule has 0 fully saturated rings. The Morgan fingerprint density at radius 1 is 0.575 bits per heavy atom. The Bertz CT molecular complexity index is 3860. The van der Waals surface area contributed by atoms with Crippen molar-refractivity contribution in [3.05, 3.63) is 164 Å². The monoisotopic (exact) mass is 1160 g/mol. The molecule has 5 aliphatic carbocycles. The zero-order valence-electron chi connectivity index (χ0n) is 58.6. The van der Waals surface area contributed by atoms with E-state index in [1.54, 1.807) is 22.3 Å². The maximum Gasteiger partial charge on any atom is 0.198 e. The molecule has 0 saturated carbocycles. The summed E-state index contributed by atoms with van der Waals surface area (Å²) < 4.78 is 0. The fourth-order valence-electron chi connectivity index (χ4n) is 17.7. The Labute approximate surface area is 529 Å². The van der Waals surface area contributed by atoms with E-state index >= 15 is 0 Å². The van der Waals surface area contributed by atoms with Crippen LogP contribution in [0.25, 0.3) is 33.4 Å². The summed E-state index contributed by atoms with van der Waals surface area (Å²) in [7, 11) is 0.844. The molecule has 1 N–H and O–H groups in total. The molecule has 3 heteroatoms. The SMILES string of the molecule is CCC1c2cc(Nc3ccc4c(c3)C(C)(C)CCC4(C)C)c(-c3c4c(cc(-c5ccccc5C)c3C(C)(C)C)N(C3=CC5=C(CC3)C(C)(C)CC(C)C5(C)C)c3ccc(C(C)(C)CCC(C)(C)C)cc3B4)cc2-c2cc3c(cc21)C(C)(C)CCC3(C)C. The highest BCUT2D eigenvalue weighted by molar-refractivity contribution is 6.73. The molecule has 1 heterocycles. The normalized spacial score (nSPS) is 21.7. The Hall–Kier alpha value is -5.54. The lowest BCUT2D eigenvalue weighted by Gasteiger charge is -2.50. The average molecular weight is 1160 g/mol. The fourth-order valence-corrected chi connectivity index (χ4v) is 17.7. The zero-order valence-corrected chi connectivity index (χ0v) is 58.6. The number of hydrogen-bond acceptors (Lipinski definition) is 2. The van der Waals surface area contributed by atoms with E-state index in [9.17, 15) is 0 Å². The number of allylic oxidation sites excluding steroid dienone is 4. The fraction of sp³-hybridized carbons (Fsp3) is 0.524. The van der Waals surface area contributed by atoms with E-state index in [1.807, 2.05) is 0 Å². The van der Waals surface area contributed by atoms with Crippen LogP contribution in [0.5, 0.6) is 0 Å². The second-order valence-corrected chi connectivity index (χ2v) is 35.6. The number of aryl methyl sites for hydroxylation is 1. The van der Waals surface area contributed by atoms with Crippen molar-refractivity contribution in [1.29, 1.82) is 0 Å². The van der Waals surface area contributed by atoms with Gasteiger partial charge in [-0.25, -0.2) is 0 Å². The molecule has 0 spiro atoms. The van der Waals surface area contributed by atoms with Gasteiger partial charge in [-0.05, 0) is 257 Å². The third kappa shape index (κ3) is 10.4. The lowest BCUT2D eigenvalue weighted by Crippen LogP contribution is -2.45. The summed E-state index contributed by atoms with van der Waals surface area (Å²) in [4.78, 5) is 2.82. The van der Waals surface area contributed by atoms with Crippen molar-refractivity contribution in [2.45, 2.75) is 262 Å². The van der Waals surface area contributed by atoms with Gasteiger partial charge < -0.3 is 10.2 Å². The molecule has 1 aliphatic heterocycles. The summed E-state index contributed by atoms with van der Waals surface area (Å²) in [5, 5.41) is 4.39. The van der Waals surface area contributed by atoms with E-state index in [0.717, 1.165) is 33.0 Å². The van der Waals surface area contributed by atoms with Gasteiger partial charge in [0.25, 0.3) is 0 Å². The van der Waals surface area contributed by atoms with Gasteiger partial charge in [-0.15, -0.1) is 0 Å². The Balaban J connectivity index is 1.21. The highest BCUT2D eigenvalue weighted by atomic mass is 15.2. The first-order valence-corrected chi connectivity index (χ1v) is 34.3. The van der Waals surface area contributed by atoms with E-state index in [4.69, 9.17) is 0 Å². The molecule has 0 saturated heterocycles.